The lowest BCUT2D eigenvalue weighted by atomic mass is 9.87. The Morgan fingerprint density at radius 2 is 2.09 bits per heavy atom. The normalized spacial score (nSPS) is 24.8. The van der Waals surface area contributed by atoms with Crippen molar-refractivity contribution in [3.63, 3.8) is 0 Å². The molecule has 1 saturated heterocycles. The van der Waals surface area contributed by atoms with E-state index in [4.69, 9.17) is 15.0 Å². The number of rotatable bonds is 6. The van der Waals surface area contributed by atoms with Crippen molar-refractivity contribution < 1.29 is 18.7 Å². The summed E-state index contributed by atoms with van der Waals surface area (Å²) in [6.07, 6.45) is 1.39. The van der Waals surface area contributed by atoms with Crippen LogP contribution in [0.25, 0.3) is 10.4 Å². The minimum atomic E-state index is -0.748. The Morgan fingerprint density at radius 3 is 2.84 bits per heavy atom. The minimum absolute atomic E-state index is 0.152. The molecule has 0 bridgehead atoms. The topological polar surface area (TPSA) is 87.5 Å². The number of amides is 1. The molecular weight excluding hydrogens is 411 g/mol. The third kappa shape index (κ3) is 4.53. The van der Waals surface area contributed by atoms with E-state index in [1.54, 1.807) is 23.1 Å². The highest BCUT2D eigenvalue weighted by atomic mass is 19.1. The van der Waals surface area contributed by atoms with Gasteiger partial charge in [-0.1, -0.05) is 47.6 Å². The van der Waals surface area contributed by atoms with Crippen molar-refractivity contribution in [3.8, 4) is 0 Å². The van der Waals surface area contributed by atoms with Crippen LogP contribution in [-0.2, 0) is 20.7 Å². The summed E-state index contributed by atoms with van der Waals surface area (Å²) in [7, 11) is 0. The van der Waals surface area contributed by atoms with Crippen LogP contribution >= 0.6 is 0 Å². The number of azide groups is 1. The van der Waals surface area contributed by atoms with E-state index in [2.05, 4.69) is 22.7 Å². The Balaban J connectivity index is 1.61. The third-order valence-corrected chi connectivity index (χ3v) is 6.00. The lowest BCUT2D eigenvalue weighted by molar-refractivity contribution is -0.157. The van der Waals surface area contributed by atoms with Crippen molar-refractivity contribution in [1.82, 2.24) is 4.90 Å². The number of benzene rings is 2. The lowest BCUT2D eigenvalue weighted by Crippen LogP contribution is -2.51. The predicted molar refractivity (Wildman–Crippen MR) is 117 cm³/mol. The molecule has 0 aromatic heterocycles. The molecule has 0 unspecified atom stereocenters. The summed E-state index contributed by atoms with van der Waals surface area (Å²) in [6.45, 7) is 4.60. The van der Waals surface area contributed by atoms with Gasteiger partial charge in [-0.2, -0.15) is 0 Å². The van der Waals surface area contributed by atoms with E-state index in [-0.39, 0.29) is 30.8 Å². The summed E-state index contributed by atoms with van der Waals surface area (Å²) in [4.78, 5) is 18.3. The zero-order chi connectivity index (χ0) is 22.5. The van der Waals surface area contributed by atoms with Gasteiger partial charge in [-0.15, -0.1) is 6.58 Å². The molecule has 0 aliphatic carbocycles. The zero-order valence-electron chi connectivity index (χ0n) is 17.6. The van der Waals surface area contributed by atoms with Gasteiger partial charge in [0, 0.05) is 11.5 Å². The van der Waals surface area contributed by atoms with E-state index >= 15 is 0 Å². The number of hydrogen-bond donors (Lipinski definition) is 0. The van der Waals surface area contributed by atoms with E-state index in [0.29, 0.717) is 13.2 Å². The molecule has 0 spiro atoms. The van der Waals surface area contributed by atoms with E-state index in [9.17, 15) is 9.18 Å². The largest absolute Gasteiger partial charge is 0.371 e. The fourth-order valence-corrected chi connectivity index (χ4v) is 4.47. The van der Waals surface area contributed by atoms with Gasteiger partial charge in [0.2, 0.25) is 0 Å². The summed E-state index contributed by atoms with van der Waals surface area (Å²) < 4.78 is 25.1. The Bertz CT molecular complexity index is 1020. The number of halogens is 1. The van der Waals surface area contributed by atoms with Crippen LogP contribution in [0, 0.1) is 5.82 Å². The van der Waals surface area contributed by atoms with Crippen molar-refractivity contribution >= 4 is 5.91 Å². The first-order chi connectivity index (χ1) is 15.6. The second-order valence-electron chi connectivity index (χ2n) is 7.92. The van der Waals surface area contributed by atoms with Gasteiger partial charge < -0.3 is 14.4 Å². The molecule has 2 aliphatic rings. The number of nitrogens with zero attached hydrogens (tertiary/aromatic N) is 4. The van der Waals surface area contributed by atoms with Gasteiger partial charge in [0.25, 0.3) is 5.91 Å². The Labute approximate surface area is 186 Å². The van der Waals surface area contributed by atoms with Crippen LogP contribution in [0.2, 0.25) is 0 Å². The van der Waals surface area contributed by atoms with Gasteiger partial charge in [-0.05, 0) is 47.2 Å². The maximum absolute atomic E-state index is 13.6. The number of carbonyl (C=O) groups excluding carboxylic acids is 1. The molecule has 7 nitrogen and oxygen atoms in total. The quantitative estimate of drug-likeness (QED) is 0.292. The predicted octanol–water partition coefficient (Wildman–Crippen LogP) is 4.34. The summed E-state index contributed by atoms with van der Waals surface area (Å²) >= 11 is 0. The van der Waals surface area contributed by atoms with Crippen LogP contribution in [0.15, 0.2) is 66.3 Å². The monoisotopic (exact) mass is 436 g/mol. The second-order valence-corrected chi connectivity index (χ2v) is 7.92. The number of hydrogen-bond acceptors (Lipinski definition) is 4. The first-order valence-corrected chi connectivity index (χ1v) is 10.6. The molecule has 4 rings (SSSR count). The fraction of sp³-hybridized carbons (Fsp3) is 0.375. The first kappa shape index (κ1) is 22.0. The third-order valence-electron chi connectivity index (χ3n) is 6.00. The van der Waals surface area contributed by atoms with Crippen molar-refractivity contribution in [1.29, 1.82) is 0 Å². The molecule has 32 heavy (non-hydrogen) atoms. The Kier molecular flexibility index (Phi) is 6.85. The number of carbonyl (C=O) groups is 1. The maximum atomic E-state index is 13.6. The number of ether oxygens (including phenoxy) is 2. The van der Waals surface area contributed by atoms with E-state index in [0.717, 1.165) is 17.5 Å². The molecule has 1 amide bonds. The Morgan fingerprint density at radius 1 is 1.31 bits per heavy atom. The smallest absolute Gasteiger partial charge is 0.252 e. The first-order valence-electron chi connectivity index (χ1n) is 10.6. The molecule has 8 heteroatoms. The van der Waals surface area contributed by atoms with Crippen LogP contribution in [0.1, 0.15) is 29.2 Å². The van der Waals surface area contributed by atoms with Crippen LogP contribution in [0.4, 0.5) is 4.39 Å². The SMILES string of the molecule is C=CCO[C@H]1CO[C@@H](C(=O)N2CCc3ccccc3[C@@H]2c2ccc(F)cc2)C[C@@H]1N=[N+]=[N-]. The molecule has 1 fully saturated rings. The highest BCUT2D eigenvalue weighted by molar-refractivity contribution is 5.82. The summed E-state index contributed by atoms with van der Waals surface area (Å²) in [5.74, 6) is -0.497. The molecule has 2 aromatic carbocycles. The van der Waals surface area contributed by atoms with E-state index in [1.165, 1.54) is 17.7 Å². The van der Waals surface area contributed by atoms with E-state index < -0.39 is 18.2 Å². The molecule has 0 N–H and O–H groups in total. The van der Waals surface area contributed by atoms with Crippen LogP contribution < -0.4 is 0 Å². The van der Waals surface area contributed by atoms with Gasteiger partial charge in [-0.25, -0.2) is 4.39 Å². The lowest BCUT2D eigenvalue weighted by Gasteiger charge is -2.41. The minimum Gasteiger partial charge on any atom is -0.371 e. The summed E-state index contributed by atoms with van der Waals surface area (Å²) in [5, 5.41) is 3.85. The second kappa shape index (κ2) is 9.96. The highest BCUT2D eigenvalue weighted by Gasteiger charge is 2.40. The molecular formula is C24H25FN4O3. The van der Waals surface area contributed by atoms with E-state index in [1.807, 2.05) is 18.2 Å². The van der Waals surface area contributed by atoms with Crippen LogP contribution in [-0.4, -0.2) is 48.8 Å². The van der Waals surface area contributed by atoms with Crippen LogP contribution in [0.5, 0.6) is 0 Å². The van der Waals surface area contributed by atoms with Crippen molar-refractivity contribution in [2.45, 2.75) is 37.1 Å². The van der Waals surface area contributed by atoms with Gasteiger partial charge in [0.1, 0.15) is 11.9 Å². The summed E-state index contributed by atoms with van der Waals surface area (Å²) in [6, 6.07) is 13.4. The van der Waals surface area contributed by atoms with Gasteiger partial charge in [0.05, 0.1) is 31.4 Å². The van der Waals surface area contributed by atoms with Crippen molar-refractivity contribution in [2.75, 3.05) is 19.8 Å². The van der Waals surface area contributed by atoms with Crippen molar-refractivity contribution in [3.05, 3.63) is 94.1 Å². The maximum Gasteiger partial charge on any atom is 0.252 e. The number of fused-ring (bicyclic) bond motifs is 1. The van der Waals surface area contributed by atoms with Gasteiger partial charge >= 0.3 is 0 Å². The average Bonchev–Trinajstić information content (AvgIpc) is 2.83. The van der Waals surface area contributed by atoms with Gasteiger partial charge in [-0.3, -0.25) is 4.79 Å². The standard InChI is InChI=1S/C24H25FN4O3/c1-2-13-31-22-15-32-21(14-20(22)27-28-26)24(30)29-12-11-16-5-3-4-6-19(16)23(29)17-7-9-18(25)10-8-17/h2-10,20-23H,1,11-15H2/t20-,21+,22-,23-/m0/s1. The molecule has 0 saturated carbocycles. The molecule has 166 valence electrons. The fourth-order valence-electron chi connectivity index (χ4n) is 4.47. The Hall–Kier alpha value is -3.19. The van der Waals surface area contributed by atoms with Gasteiger partial charge in [0.15, 0.2) is 0 Å². The van der Waals surface area contributed by atoms with Crippen LogP contribution in [0.3, 0.4) is 0 Å². The summed E-state index contributed by atoms with van der Waals surface area (Å²) in [5.41, 5.74) is 12.0. The zero-order valence-corrected chi connectivity index (χ0v) is 17.6. The highest BCUT2D eigenvalue weighted by Crippen LogP contribution is 2.36. The molecule has 2 aliphatic heterocycles. The molecule has 4 atom stereocenters. The molecule has 2 heterocycles. The molecule has 2 aromatic rings. The molecule has 0 radical (unpaired) electrons. The average molecular weight is 436 g/mol. The van der Waals surface area contributed by atoms with Crippen molar-refractivity contribution in [2.24, 2.45) is 5.11 Å².